The molecule has 0 aliphatic heterocycles. The van der Waals surface area contributed by atoms with Crippen molar-refractivity contribution in [3.63, 3.8) is 0 Å². The second-order valence-corrected chi connectivity index (χ2v) is 6.20. The first-order valence-corrected chi connectivity index (χ1v) is 8.38. The number of hydrogen-bond acceptors (Lipinski definition) is 5. The molecule has 0 spiro atoms. The minimum atomic E-state index is -0.0416. The standard InChI is InChI=1S/C15H17NO3S2/c1-18-11-5-6-13(14(8-11)19-2)16-15(17)10-20-9-12-4-3-7-21-12/h3-8H,9-10H2,1-2H3,(H,16,17). The molecule has 1 aromatic heterocycles. The summed E-state index contributed by atoms with van der Waals surface area (Å²) in [5, 5.41) is 4.90. The third kappa shape index (κ3) is 4.68. The average molecular weight is 323 g/mol. The average Bonchev–Trinajstić information content (AvgIpc) is 3.01. The highest BCUT2D eigenvalue weighted by atomic mass is 32.2. The summed E-state index contributed by atoms with van der Waals surface area (Å²) in [4.78, 5) is 13.2. The molecule has 0 aliphatic carbocycles. The van der Waals surface area contributed by atoms with Gasteiger partial charge in [-0.1, -0.05) is 6.07 Å². The van der Waals surface area contributed by atoms with Gasteiger partial charge < -0.3 is 14.8 Å². The fourth-order valence-corrected chi connectivity index (χ4v) is 3.40. The van der Waals surface area contributed by atoms with Crippen molar-refractivity contribution in [3.8, 4) is 11.5 Å². The van der Waals surface area contributed by atoms with Crippen molar-refractivity contribution in [1.29, 1.82) is 0 Å². The summed E-state index contributed by atoms with van der Waals surface area (Å²) in [6.07, 6.45) is 0. The van der Waals surface area contributed by atoms with Gasteiger partial charge in [-0.05, 0) is 23.6 Å². The smallest absolute Gasteiger partial charge is 0.234 e. The quantitative estimate of drug-likeness (QED) is 0.845. The van der Waals surface area contributed by atoms with E-state index in [1.165, 1.54) is 4.88 Å². The largest absolute Gasteiger partial charge is 0.497 e. The SMILES string of the molecule is COc1ccc(NC(=O)CSCc2cccs2)c(OC)c1. The Kier molecular flexibility index (Phi) is 5.95. The number of thioether (sulfide) groups is 1. The van der Waals surface area contributed by atoms with E-state index in [-0.39, 0.29) is 5.91 Å². The van der Waals surface area contributed by atoms with Crippen molar-refractivity contribution in [2.24, 2.45) is 0 Å². The van der Waals surface area contributed by atoms with Crippen LogP contribution in [-0.2, 0) is 10.5 Å². The second kappa shape index (κ2) is 7.95. The monoisotopic (exact) mass is 323 g/mol. The number of ether oxygens (including phenoxy) is 2. The molecule has 2 rings (SSSR count). The number of thiophene rings is 1. The molecule has 21 heavy (non-hydrogen) atoms. The summed E-state index contributed by atoms with van der Waals surface area (Å²) >= 11 is 3.29. The molecule has 1 heterocycles. The molecular weight excluding hydrogens is 306 g/mol. The predicted octanol–water partition coefficient (Wildman–Crippen LogP) is 3.64. The second-order valence-electron chi connectivity index (χ2n) is 4.19. The summed E-state index contributed by atoms with van der Waals surface area (Å²) in [6.45, 7) is 0. The Hall–Kier alpha value is -1.66. The molecular formula is C15H17NO3S2. The fourth-order valence-electron chi connectivity index (χ4n) is 1.73. The molecule has 0 bridgehead atoms. The van der Waals surface area contributed by atoms with Gasteiger partial charge in [-0.15, -0.1) is 23.1 Å². The summed E-state index contributed by atoms with van der Waals surface area (Å²) in [7, 11) is 3.16. The molecule has 4 nitrogen and oxygen atoms in total. The van der Waals surface area contributed by atoms with Crippen LogP contribution in [0.5, 0.6) is 11.5 Å². The third-order valence-corrected chi connectivity index (χ3v) is 4.78. The maximum Gasteiger partial charge on any atom is 0.234 e. The van der Waals surface area contributed by atoms with Crippen molar-refractivity contribution in [2.75, 3.05) is 25.3 Å². The number of methoxy groups -OCH3 is 2. The van der Waals surface area contributed by atoms with Gasteiger partial charge in [-0.3, -0.25) is 4.79 Å². The van der Waals surface area contributed by atoms with Gasteiger partial charge in [0, 0.05) is 16.7 Å². The fraction of sp³-hybridized carbons (Fsp3) is 0.267. The Balaban J connectivity index is 1.87. The van der Waals surface area contributed by atoms with E-state index >= 15 is 0 Å². The van der Waals surface area contributed by atoms with E-state index in [2.05, 4.69) is 11.4 Å². The number of rotatable bonds is 7. The lowest BCUT2D eigenvalue weighted by molar-refractivity contribution is -0.113. The Morgan fingerprint density at radius 3 is 2.81 bits per heavy atom. The molecule has 2 aromatic rings. The van der Waals surface area contributed by atoms with E-state index in [9.17, 15) is 4.79 Å². The lowest BCUT2D eigenvalue weighted by atomic mass is 10.2. The minimum absolute atomic E-state index is 0.0416. The molecule has 0 fully saturated rings. The molecule has 1 aromatic carbocycles. The van der Waals surface area contributed by atoms with Crippen molar-refractivity contribution in [1.82, 2.24) is 0 Å². The predicted molar refractivity (Wildman–Crippen MR) is 88.7 cm³/mol. The molecule has 0 saturated carbocycles. The first-order chi connectivity index (χ1) is 10.2. The molecule has 0 unspecified atom stereocenters. The Morgan fingerprint density at radius 2 is 2.14 bits per heavy atom. The lowest BCUT2D eigenvalue weighted by Gasteiger charge is -2.11. The van der Waals surface area contributed by atoms with Crippen LogP contribution in [0.25, 0.3) is 0 Å². The van der Waals surface area contributed by atoms with Gasteiger partial charge in [-0.2, -0.15) is 0 Å². The Morgan fingerprint density at radius 1 is 1.29 bits per heavy atom. The number of carbonyl (C=O) groups is 1. The zero-order valence-electron chi connectivity index (χ0n) is 11.9. The minimum Gasteiger partial charge on any atom is -0.497 e. The van der Waals surface area contributed by atoms with Crippen LogP contribution in [0.1, 0.15) is 4.88 Å². The van der Waals surface area contributed by atoms with E-state index in [0.717, 1.165) is 5.75 Å². The van der Waals surface area contributed by atoms with Gasteiger partial charge in [-0.25, -0.2) is 0 Å². The zero-order valence-corrected chi connectivity index (χ0v) is 13.6. The van der Waals surface area contributed by atoms with Crippen molar-refractivity contribution in [3.05, 3.63) is 40.6 Å². The highest BCUT2D eigenvalue weighted by molar-refractivity contribution is 7.99. The normalized spacial score (nSPS) is 10.2. The van der Waals surface area contributed by atoms with Gasteiger partial charge in [0.2, 0.25) is 5.91 Å². The lowest BCUT2D eigenvalue weighted by Crippen LogP contribution is -2.14. The molecule has 0 aliphatic rings. The molecule has 1 amide bonds. The first-order valence-electron chi connectivity index (χ1n) is 6.35. The number of carbonyl (C=O) groups excluding carboxylic acids is 1. The van der Waals surface area contributed by atoms with Crippen LogP contribution >= 0.6 is 23.1 Å². The number of amides is 1. The van der Waals surface area contributed by atoms with Crippen molar-refractivity contribution >= 4 is 34.7 Å². The van der Waals surface area contributed by atoms with Crippen LogP contribution in [-0.4, -0.2) is 25.9 Å². The van der Waals surface area contributed by atoms with Crippen LogP contribution in [0, 0.1) is 0 Å². The van der Waals surface area contributed by atoms with Crippen LogP contribution in [0.2, 0.25) is 0 Å². The summed E-state index contributed by atoms with van der Waals surface area (Å²) in [6, 6.07) is 9.40. The van der Waals surface area contributed by atoms with Crippen LogP contribution in [0.15, 0.2) is 35.7 Å². The van der Waals surface area contributed by atoms with Gasteiger partial charge in [0.25, 0.3) is 0 Å². The van der Waals surface area contributed by atoms with E-state index in [0.29, 0.717) is 22.9 Å². The van der Waals surface area contributed by atoms with E-state index in [4.69, 9.17) is 9.47 Å². The molecule has 6 heteroatoms. The van der Waals surface area contributed by atoms with E-state index in [1.54, 1.807) is 55.5 Å². The van der Waals surface area contributed by atoms with Crippen LogP contribution in [0.3, 0.4) is 0 Å². The van der Waals surface area contributed by atoms with Crippen LogP contribution < -0.4 is 14.8 Å². The number of hydrogen-bond donors (Lipinski definition) is 1. The van der Waals surface area contributed by atoms with Crippen LogP contribution in [0.4, 0.5) is 5.69 Å². The highest BCUT2D eigenvalue weighted by Crippen LogP contribution is 2.29. The zero-order chi connectivity index (χ0) is 15.1. The number of benzene rings is 1. The van der Waals surface area contributed by atoms with Gasteiger partial charge >= 0.3 is 0 Å². The maximum absolute atomic E-state index is 11.9. The first kappa shape index (κ1) is 15.7. The molecule has 1 N–H and O–H groups in total. The van der Waals surface area contributed by atoms with Gasteiger partial charge in [0.1, 0.15) is 11.5 Å². The Labute approximate surface area is 132 Å². The Bertz CT molecular complexity index is 585. The third-order valence-electron chi connectivity index (χ3n) is 2.74. The van der Waals surface area contributed by atoms with Crippen molar-refractivity contribution < 1.29 is 14.3 Å². The molecule has 0 radical (unpaired) electrons. The van der Waals surface area contributed by atoms with Crippen molar-refractivity contribution in [2.45, 2.75) is 5.75 Å². The summed E-state index contributed by atoms with van der Waals surface area (Å²) in [5.74, 6) is 2.50. The number of nitrogens with one attached hydrogen (secondary N) is 1. The highest BCUT2D eigenvalue weighted by Gasteiger charge is 2.09. The molecule has 112 valence electrons. The van der Waals surface area contributed by atoms with Gasteiger partial charge in [0.15, 0.2) is 0 Å². The summed E-state index contributed by atoms with van der Waals surface area (Å²) in [5.41, 5.74) is 0.653. The topological polar surface area (TPSA) is 47.6 Å². The summed E-state index contributed by atoms with van der Waals surface area (Å²) < 4.78 is 10.4. The molecule has 0 saturated heterocycles. The number of anilines is 1. The van der Waals surface area contributed by atoms with E-state index < -0.39 is 0 Å². The van der Waals surface area contributed by atoms with E-state index in [1.807, 2.05) is 11.4 Å². The maximum atomic E-state index is 11.9. The van der Waals surface area contributed by atoms with Gasteiger partial charge in [0.05, 0.1) is 25.7 Å². The molecule has 0 atom stereocenters.